The Kier molecular flexibility index (Phi) is 13.1. The van der Waals surface area contributed by atoms with Crippen LogP contribution in [-0.4, -0.2) is 28.3 Å². The van der Waals surface area contributed by atoms with E-state index in [1.165, 1.54) is 62.7 Å². The van der Waals surface area contributed by atoms with Crippen LogP contribution in [0.15, 0.2) is 26.2 Å². The minimum atomic E-state index is -3.49. The molecule has 0 fully saturated rings. The first-order chi connectivity index (χ1) is 18.9. The molecule has 2 aromatic rings. The molecule has 2 aliphatic rings. The molecule has 0 saturated carbocycles. The van der Waals surface area contributed by atoms with Crippen molar-refractivity contribution in [1.29, 1.82) is 0 Å². The van der Waals surface area contributed by atoms with Crippen molar-refractivity contribution in [2.75, 3.05) is 0 Å². The quantitative estimate of drug-likeness (QED) is 0.180. The summed E-state index contributed by atoms with van der Waals surface area (Å²) in [6.45, 7) is 8.28. The number of hydrogen-bond acceptors (Lipinski definition) is 6. The average Bonchev–Trinajstić information content (AvgIpc) is 3.54. The van der Waals surface area contributed by atoms with E-state index in [2.05, 4.69) is 54.5 Å². The molecule has 0 radical (unpaired) electrons. The largest absolute Gasteiger partial charge is 0.285 e. The minimum Gasteiger partial charge on any atom is -0.199 e. The Morgan fingerprint density at radius 1 is 0.575 bits per heavy atom. The van der Waals surface area contributed by atoms with E-state index in [0.717, 1.165) is 68.9 Å². The van der Waals surface area contributed by atoms with Crippen LogP contribution in [0.2, 0.25) is 0 Å². The zero-order chi connectivity index (χ0) is 29.5. The van der Waals surface area contributed by atoms with Crippen molar-refractivity contribution in [2.45, 2.75) is 127 Å². The predicted molar refractivity (Wildman–Crippen MR) is 177 cm³/mol. The summed E-state index contributed by atoms with van der Waals surface area (Å²) in [6.07, 6.45) is 15.9. The van der Waals surface area contributed by atoms with Crippen LogP contribution < -0.4 is 0 Å². The maximum absolute atomic E-state index is 12.1. The first-order valence-electron chi connectivity index (χ1n) is 14.2. The lowest BCUT2D eigenvalue weighted by Crippen LogP contribution is -1.98. The summed E-state index contributed by atoms with van der Waals surface area (Å²) in [4.78, 5) is 2.78. The second-order valence-corrected chi connectivity index (χ2v) is 18.5. The molecule has 0 aliphatic carbocycles. The van der Waals surface area contributed by atoms with Gasteiger partial charge in [0.05, 0.1) is 19.0 Å². The molecule has 0 spiro atoms. The van der Waals surface area contributed by atoms with E-state index in [1.807, 2.05) is 13.8 Å². The number of rotatable bonds is 14. The molecule has 0 saturated heterocycles. The third kappa shape index (κ3) is 8.36. The van der Waals surface area contributed by atoms with Crippen LogP contribution in [0.5, 0.6) is 0 Å². The maximum atomic E-state index is 12.1. The molecule has 0 amide bonds. The fourth-order valence-electron chi connectivity index (χ4n) is 5.11. The first kappa shape index (κ1) is 34.1. The molecule has 4 rings (SSSR count). The summed E-state index contributed by atoms with van der Waals surface area (Å²) in [5.41, 5.74) is 3.18. The van der Waals surface area contributed by atoms with Crippen LogP contribution in [0, 0.1) is 13.8 Å². The van der Waals surface area contributed by atoms with E-state index >= 15 is 0 Å². The number of halogens is 2. The Morgan fingerprint density at radius 2 is 1.02 bits per heavy atom. The van der Waals surface area contributed by atoms with Crippen LogP contribution in [0.3, 0.4) is 0 Å². The van der Waals surface area contributed by atoms with Gasteiger partial charge in [0.1, 0.15) is 9.79 Å². The topological polar surface area (TPSA) is 93.0 Å². The lowest BCUT2D eigenvalue weighted by atomic mass is 10.0. The van der Waals surface area contributed by atoms with Crippen molar-refractivity contribution in [3.05, 3.63) is 28.5 Å². The highest BCUT2D eigenvalue weighted by atomic mass is 79.9. The molecule has 4 heterocycles. The Bertz CT molecular complexity index is 1340. The number of sulfonamides is 2. The number of nitrogens with zero attached hydrogens (tertiary/aromatic N) is 2. The van der Waals surface area contributed by atoms with Crippen LogP contribution in [0.4, 0.5) is 0 Å². The van der Waals surface area contributed by atoms with Crippen LogP contribution in [0.25, 0.3) is 0 Å². The van der Waals surface area contributed by atoms with E-state index in [9.17, 15) is 16.8 Å². The Labute approximate surface area is 265 Å². The van der Waals surface area contributed by atoms with Crippen LogP contribution in [0.1, 0.15) is 125 Å². The Balaban J connectivity index is 0.000000220. The highest BCUT2D eigenvalue weighted by Crippen LogP contribution is 2.45. The van der Waals surface area contributed by atoms with Gasteiger partial charge in [-0.05, 0) is 71.4 Å². The number of aryl methyl sites for hydroxylation is 2. The SMILES string of the molecule is CCCCCCCCC1=NS(=O)(=O)c2c(Br)sc(Br)c21.CCCCCCCCC1=NS(=O)(=O)c2c(C)sc(C)c21. The molecular weight excluding hydrogens is 716 g/mol. The number of unbranched alkanes of at least 4 members (excludes halogenated alkanes) is 10. The summed E-state index contributed by atoms with van der Waals surface area (Å²) in [6, 6.07) is 0. The minimum absolute atomic E-state index is 0.343. The molecule has 6 nitrogen and oxygen atoms in total. The molecule has 40 heavy (non-hydrogen) atoms. The van der Waals surface area contributed by atoms with Crippen molar-refractivity contribution in [3.8, 4) is 0 Å². The smallest absolute Gasteiger partial charge is 0.199 e. The lowest BCUT2D eigenvalue weighted by molar-refractivity contribution is 0.597. The maximum Gasteiger partial charge on any atom is 0.285 e. The van der Waals surface area contributed by atoms with Crippen LogP contribution >= 0.6 is 54.5 Å². The Morgan fingerprint density at radius 3 is 1.55 bits per heavy atom. The molecule has 224 valence electrons. The van der Waals surface area contributed by atoms with Gasteiger partial charge in [0.15, 0.2) is 0 Å². The van der Waals surface area contributed by atoms with Gasteiger partial charge in [0.25, 0.3) is 20.0 Å². The molecule has 0 N–H and O–H groups in total. The van der Waals surface area contributed by atoms with Gasteiger partial charge < -0.3 is 0 Å². The van der Waals surface area contributed by atoms with Crippen molar-refractivity contribution in [1.82, 2.24) is 0 Å². The molecular formula is C28H40Br2N2O4S4. The van der Waals surface area contributed by atoms with Gasteiger partial charge in [0, 0.05) is 20.9 Å². The normalized spacial score (nSPS) is 16.2. The zero-order valence-electron chi connectivity index (χ0n) is 23.8. The third-order valence-electron chi connectivity index (χ3n) is 7.07. The van der Waals surface area contributed by atoms with Crippen LogP contribution in [-0.2, 0) is 20.0 Å². The monoisotopic (exact) mass is 754 g/mol. The second-order valence-electron chi connectivity index (χ2n) is 10.3. The molecule has 0 bridgehead atoms. The molecule has 0 aromatic carbocycles. The molecule has 2 aliphatic heterocycles. The number of fused-ring (bicyclic) bond motifs is 2. The Hall–Kier alpha value is -0.400. The third-order valence-corrected chi connectivity index (χ3v) is 14.0. The van der Waals surface area contributed by atoms with Crippen molar-refractivity contribution in [2.24, 2.45) is 8.80 Å². The summed E-state index contributed by atoms with van der Waals surface area (Å²) >= 11 is 9.73. The van der Waals surface area contributed by atoms with Crippen molar-refractivity contribution < 1.29 is 16.8 Å². The number of thiophene rings is 2. The van der Waals surface area contributed by atoms with Gasteiger partial charge >= 0.3 is 0 Å². The molecule has 2 aromatic heterocycles. The lowest BCUT2D eigenvalue weighted by Gasteiger charge is -2.02. The molecule has 12 heteroatoms. The van der Waals surface area contributed by atoms with Gasteiger partial charge in [-0.15, -0.1) is 22.7 Å². The highest BCUT2D eigenvalue weighted by Gasteiger charge is 2.35. The first-order valence-corrected chi connectivity index (χ1v) is 20.3. The number of hydrogen-bond donors (Lipinski definition) is 0. The van der Waals surface area contributed by atoms with Crippen molar-refractivity contribution >= 4 is 86.0 Å². The fraction of sp³-hybridized carbons (Fsp3) is 0.643. The molecule has 0 unspecified atom stereocenters. The summed E-state index contributed by atoms with van der Waals surface area (Å²) in [5.74, 6) is 0. The van der Waals surface area contributed by atoms with Gasteiger partial charge in [0.2, 0.25) is 0 Å². The zero-order valence-corrected chi connectivity index (χ0v) is 30.3. The van der Waals surface area contributed by atoms with E-state index in [4.69, 9.17) is 0 Å². The van der Waals surface area contributed by atoms with E-state index < -0.39 is 20.0 Å². The summed E-state index contributed by atoms with van der Waals surface area (Å²) in [7, 11) is -6.91. The summed E-state index contributed by atoms with van der Waals surface area (Å²) in [5, 5.41) is 0. The van der Waals surface area contributed by atoms with Gasteiger partial charge in [-0.25, -0.2) is 0 Å². The van der Waals surface area contributed by atoms with Gasteiger partial charge in [-0.3, -0.25) is 0 Å². The predicted octanol–water partition coefficient (Wildman–Crippen LogP) is 10.1. The second kappa shape index (κ2) is 15.4. The van der Waals surface area contributed by atoms with E-state index in [1.54, 1.807) is 11.3 Å². The molecule has 0 atom stereocenters. The summed E-state index contributed by atoms with van der Waals surface area (Å²) < 4.78 is 57.7. The van der Waals surface area contributed by atoms with Gasteiger partial charge in [-0.1, -0.05) is 78.1 Å². The highest BCUT2D eigenvalue weighted by molar-refractivity contribution is 9.12. The van der Waals surface area contributed by atoms with Crippen molar-refractivity contribution in [3.63, 3.8) is 0 Å². The standard InChI is InChI=1S/C15H23NO2S2.C13H17Br2NO2S2/c1-4-5-6-7-8-9-10-13-14-11(2)19-12(3)15(14)20(17,18)16-13;1-2-3-4-5-6-7-8-9-10-11(20(17,18)16-9)13(15)19-12(10)14/h4-10H2,1-3H3;2-8H2,1H3. The average molecular weight is 757 g/mol. The fourth-order valence-corrected chi connectivity index (χ4v) is 13.5. The van der Waals surface area contributed by atoms with E-state index in [-0.39, 0.29) is 0 Å². The van der Waals surface area contributed by atoms with E-state index in [0.29, 0.717) is 19.3 Å². The van der Waals surface area contributed by atoms with Gasteiger partial charge in [-0.2, -0.15) is 25.6 Å².